The maximum Gasteiger partial charge on any atom is 0.231 e. The Kier molecular flexibility index (Phi) is 7.86. The molecule has 1 saturated heterocycles. The number of ether oxygens (including phenoxy) is 2. The first-order valence-electron chi connectivity index (χ1n) is 10.4. The number of halogens is 1. The molecule has 0 spiro atoms. The molecular weight excluding hydrogens is 481 g/mol. The Bertz CT molecular complexity index is 704. The molecule has 0 radical (unpaired) electrons. The molecule has 1 saturated carbocycles. The Hall–Kier alpha value is -1.26. The summed E-state index contributed by atoms with van der Waals surface area (Å²) in [4.78, 5) is 11.9. The SMILES string of the molecule is CN=C(NCC(C)N(C)C1CC1)N1CCN(Cc2ccc3c(c2)OCO3)CC1.I. The maximum absolute atomic E-state index is 5.50. The van der Waals surface area contributed by atoms with Crippen LogP contribution in [0.25, 0.3) is 0 Å². The molecule has 2 heterocycles. The van der Waals surface area contributed by atoms with Crippen LogP contribution in [-0.4, -0.2) is 86.4 Å². The Labute approximate surface area is 191 Å². The Morgan fingerprint density at radius 2 is 1.93 bits per heavy atom. The Balaban J connectivity index is 0.00000240. The predicted molar refractivity (Wildman–Crippen MR) is 126 cm³/mol. The molecule has 162 valence electrons. The van der Waals surface area contributed by atoms with E-state index in [9.17, 15) is 0 Å². The van der Waals surface area contributed by atoms with Gasteiger partial charge in [-0.1, -0.05) is 6.07 Å². The Morgan fingerprint density at radius 1 is 1.21 bits per heavy atom. The van der Waals surface area contributed by atoms with Crippen LogP contribution in [0.4, 0.5) is 0 Å². The monoisotopic (exact) mass is 515 g/mol. The second-order valence-electron chi connectivity index (χ2n) is 8.12. The van der Waals surface area contributed by atoms with Gasteiger partial charge in [-0.3, -0.25) is 14.8 Å². The minimum Gasteiger partial charge on any atom is -0.454 e. The lowest BCUT2D eigenvalue weighted by Gasteiger charge is -2.37. The van der Waals surface area contributed by atoms with Crippen LogP contribution in [-0.2, 0) is 6.54 Å². The second kappa shape index (κ2) is 10.2. The van der Waals surface area contributed by atoms with Gasteiger partial charge in [-0.25, -0.2) is 0 Å². The number of nitrogens with zero attached hydrogens (tertiary/aromatic N) is 4. The van der Waals surface area contributed by atoms with Crippen LogP contribution in [0.5, 0.6) is 11.5 Å². The van der Waals surface area contributed by atoms with Crippen molar-refractivity contribution < 1.29 is 9.47 Å². The summed E-state index contributed by atoms with van der Waals surface area (Å²) in [5.74, 6) is 2.75. The molecule has 29 heavy (non-hydrogen) atoms. The number of guanidine groups is 1. The summed E-state index contributed by atoms with van der Waals surface area (Å²) in [6.45, 7) is 8.57. The third-order valence-electron chi connectivity index (χ3n) is 6.10. The number of fused-ring (bicyclic) bond motifs is 1. The number of likely N-dealkylation sites (N-methyl/N-ethyl adjacent to an activating group) is 1. The third-order valence-corrected chi connectivity index (χ3v) is 6.10. The largest absolute Gasteiger partial charge is 0.454 e. The number of hydrogen-bond donors (Lipinski definition) is 1. The van der Waals surface area contributed by atoms with E-state index in [1.165, 1.54) is 18.4 Å². The highest BCUT2D eigenvalue weighted by atomic mass is 127. The molecule has 4 rings (SSSR count). The van der Waals surface area contributed by atoms with Crippen molar-refractivity contribution in [2.45, 2.75) is 38.4 Å². The molecule has 0 bridgehead atoms. The van der Waals surface area contributed by atoms with Gasteiger partial charge in [0, 0.05) is 58.4 Å². The first-order chi connectivity index (χ1) is 13.6. The van der Waals surface area contributed by atoms with E-state index in [1.54, 1.807) is 0 Å². The summed E-state index contributed by atoms with van der Waals surface area (Å²) < 4.78 is 10.9. The molecule has 0 aromatic heterocycles. The zero-order valence-electron chi connectivity index (χ0n) is 17.8. The molecule has 2 fully saturated rings. The van der Waals surface area contributed by atoms with Crippen LogP contribution in [0.1, 0.15) is 25.3 Å². The number of piperazine rings is 1. The van der Waals surface area contributed by atoms with Crippen LogP contribution in [0.3, 0.4) is 0 Å². The van der Waals surface area contributed by atoms with Gasteiger partial charge in [0.05, 0.1) is 0 Å². The minimum absolute atomic E-state index is 0. The molecule has 8 heteroatoms. The van der Waals surface area contributed by atoms with Crippen LogP contribution in [0, 0.1) is 0 Å². The summed E-state index contributed by atoms with van der Waals surface area (Å²) in [5.41, 5.74) is 1.28. The van der Waals surface area contributed by atoms with E-state index in [0.29, 0.717) is 12.8 Å². The molecule has 1 unspecified atom stereocenters. The number of nitrogens with one attached hydrogen (secondary N) is 1. The predicted octanol–water partition coefficient (Wildman–Crippen LogP) is 2.21. The molecule has 1 aliphatic carbocycles. The van der Waals surface area contributed by atoms with E-state index in [1.807, 2.05) is 13.1 Å². The van der Waals surface area contributed by atoms with E-state index in [4.69, 9.17) is 9.47 Å². The first kappa shape index (κ1) is 22.4. The van der Waals surface area contributed by atoms with Gasteiger partial charge in [0.1, 0.15) is 0 Å². The second-order valence-corrected chi connectivity index (χ2v) is 8.12. The molecule has 2 aliphatic heterocycles. The lowest BCUT2D eigenvalue weighted by molar-refractivity contribution is 0.170. The maximum atomic E-state index is 5.50. The first-order valence-corrected chi connectivity index (χ1v) is 10.4. The molecule has 7 nitrogen and oxygen atoms in total. The average molecular weight is 515 g/mol. The van der Waals surface area contributed by atoms with Gasteiger partial charge >= 0.3 is 0 Å². The zero-order valence-corrected chi connectivity index (χ0v) is 20.1. The van der Waals surface area contributed by atoms with E-state index >= 15 is 0 Å². The molecule has 1 N–H and O–H groups in total. The van der Waals surface area contributed by atoms with Gasteiger partial charge in [0.25, 0.3) is 0 Å². The molecule has 0 amide bonds. The third kappa shape index (κ3) is 5.67. The molecule has 1 aromatic carbocycles. The minimum atomic E-state index is 0. The van der Waals surface area contributed by atoms with Crippen molar-refractivity contribution in [1.82, 2.24) is 20.0 Å². The lowest BCUT2D eigenvalue weighted by atomic mass is 10.1. The highest BCUT2D eigenvalue weighted by Crippen LogP contribution is 2.32. The van der Waals surface area contributed by atoms with Crippen LogP contribution in [0.2, 0.25) is 0 Å². The molecule has 1 aromatic rings. The molecular formula is C21H34IN5O2. The number of benzene rings is 1. The topological polar surface area (TPSA) is 52.6 Å². The van der Waals surface area contributed by atoms with E-state index in [2.05, 4.69) is 51.1 Å². The van der Waals surface area contributed by atoms with Crippen LogP contribution >= 0.6 is 24.0 Å². The lowest BCUT2D eigenvalue weighted by Crippen LogP contribution is -2.53. The van der Waals surface area contributed by atoms with E-state index in [-0.39, 0.29) is 24.0 Å². The quantitative estimate of drug-likeness (QED) is 0.357. The van der Waals surface area contributed by atoms with Gasteiger partial charge in [-0.2, -0.15) is 0 Å². The normalized spacial score (nSPS) is 20.6. The summed E-state index contributed by atoms with van der Waals surface area (Å²) >= 11 is 0. The number of rotatable bonds is 6. The van der Waals surface area contributed by atoms with Crippen molar-refractivity contribution >= 4 is 29.9 Å². The standard InChI is InChI=1S/C21H33N5O2.HI/c1-16(24(3)18-5-6-18)13-23-21(22-2)26-10-8-25(9-11-26)14-17-4-7-19-20(12-17)28-15-27-19;/h4,7,12,16,18H,5-6,8-11,13-15H2,1-3H3,(H,22,23);1H. The van der Waals surface area contributed by atoms with Crippen LogP contribution < -0.4 is 14.8 Å². The van der Waals surface area contributed by atoms with Gasteiger partial charge in [-0.05, 0) is 44.5 Å². The van der Waals surface area contributed by atoms with Gasteiger partial charge < -0.3 is 19.7 Å². The van der Waals surface area contributed by atoms with E-state index in [0.717, 1.165) is 62.8 Å². The fourth-order valence-corrected chi connectivity index (χ4v) is 3.97. The van der Waals surface area contributed by atoms with E-state index < -0.39 is 0 Å². The fourth-order valence-electron chi connectivity index (χ4n) is 3.97. The highest BCUT2D eigenvalue weighted by Gasteiger charge is 2.29. The van der Waals surface area contributed by atoms with Crippen molar-refractivity contribution in [3.63, 3.8) is 0 Å². The highest BCUT2D eigenvalue weighted by molar-refractivity contribution is 14.0. The Morgan fingerprint density at radius 3 is 2.62 bits per heavy atom. The smallest absolute Gasteiger partial charge is 0.231 e. The van der Waals surface area contributed by atoms with Crippen molar-refractivity contribution in [3.8, 4) is 11.5 Å². The summed E-state index contributed by atoms with van der Waals surface area (Å²) in [7, 11) is 4.12. The van der Waals surface area contributed by atoms with Gasteiger partial charge in [0.15, 0.2) is 17.5 Å². The van der Waals surface area contributed by atoms with Gasteiger partial charge in [-0.15, -0.1) is 24.0 Å². The van der Waals surface area contributed by atoms with Crippen molar-refractivity contribution in [2.24, 2.45) is 4.99 Å². The molecule has 3 aliphatic rings. The van der Waals surface area contributed by atoms with Crippen molar-refractivity contribution in [1.29, 1.82) is 0 Å². The van der Waals surface area contributed by atoms with Crippen LogP contribution in [0.15, 0.2) is 23.2 Å². The summed E-state index contributed by atoms with van der Waals surface area (Å²) in [5, 5.41) is 3.58. The average Bonchev–Trinajstić information content (AvgIpc) is 3.46. The zero-order chi connectivity index (χ0) is 19.5. The summed E-state index contributed by atoms with van der Waals surface area (Å²) in [6.07, 6.45) is 2.70. The number of hydrogen-bond acceptors (Lipinski definition) is 5. The van der Waals surface area contributed by atoms with Crippen molar-refractivity contribution in [3.05, 3.63) is 23.8 Å². The molecule has 1 atom stereocenters. The number of aliphatic imine (C=N–C) groups is 1. The fraction of sp³-hybridized carbons (Fsp3) is 0.667. The summed E-state index contributed by atoms with van der Waals surface area (Å²) in [6, 6.07) is 7.57. The van der Waals surface area contributed by atoms with Gasteiger partial charge in [0.2, 0.25) is 6.79 Å². The van der Waals surface area contributed by atoms with Crippen molar-refractivity contribution in [2.75, 3.05) is 53.6 Å².